The normalized spacial score (nSPS) is 10.9. The van der Waals surface area contributed by atoms with Crippen molar-refractivity contribution < 1.29 is 4.74 Å². The van der Waals surface area contributed by atoms with Crippen molar-refractivity contribution in [3.63, 3.8) is 0 Å². The number of rotatable bonds is 5. The van der Waals surface area contributed by atoms with Gasteiger partial charge >= 0.3 is 0 Å². The summed E-state index contributed by atoms with van der Waals surface area (Å²) in [6, 6.07) is 6.04. The van der Waals surface area contributed by atoms with Crippen LogP contribution < -0.4 is 4.74 Å². The van der Waals surface area contributed by atoms with Crippen molar-refractivity contribution in [2.24, 2.45) is 0 Å². The van der Waals surface area contributed by atoms with Gasteiger partial charge in [0.1, 0.15) is 5.75 Å². The van der Waals surface area contributed by atoms with Gasteiger partial charge < -0.3 is 4.74 Å². The zero-order valence-electron chi connectivity index (χ0n) is 9.20. The van der Waals surface area contributed by atoms with Crippen molar-refractivity contribution in [1.82, 2.24) is 4.98 Å². The second-order valence-electron chi connectivity index (χ2n) is 3.46. The van der Waals surface area contributed by atoms with Crippen molar-refractivity contribution in [3.8, 4) is 5.75 Å². The Bertz CT molecular complexity index is 469. The second kappa shape index (κ2) is 5.51. The average Bonchev–Trinajstić information content (AvgIpc) is 2.68. The van der Waals surface area contributed by atoms with E-state index in [2.05, 4.69) is 11.1 Å². The number of benzene rings is 1. The van der Waals surface area contributed by atoms with Gasteiger partial charge in [-0.05, 0) is 31.5 Å². The van der Waals surface area contributed by atoms with Crippen LogP contribution in [-0.4, -0.2) is 17.5 Å². The maximum absolute atomic E-state index is 5.67. The molecular weight excluding hydrogens is 242 g/mol. The van der Waals surface area contributed by atoms with Gasteiger partial charge in [0.05, 0.1) is 21.8 Å². The Kier molecular flexibility index (Phi) is 4.02. The summed E-state index contributed by atoms with van der Waals surface area (Å²) in [6.07, 6.45) is 1.95. The molecule has 2 nitrogen and oxygen atoms in total. The Balaban J connectivity index is 2.23. The number of hydrogen-bond donors (Lipinski definition) is 0. The zero-order valence-corrected chi connectivity index (χ0v) is 10.8. The van der Waals surface area contributed by atoms with E-state index in [1.54, 1.807) is 11.3 Å². The topological polar surface area (TPSA) is 22.1 Å². The smallest absolute Gasteiger partial charge is 0.120 e. The van der Waals surface area contributed by atoms with Crippen LogP contribution in [0.25, 0.3) is 10.2 Å². The molecule has 0 aliphatic heterocycles. The highest BCUT2D eigenvalue weighted by molar-refractivity contribution is 7.18. The van der Waals surface area contributed by atoms with Crippen LogP contribution >= 0.6 is 22.9 Å². The van der Waals surface area contributed by atoms with E-state index in [-0.39, 0.29) is 0 Å². The third-order valence-corrected chi connectivity index (χ3v) is 3.58. The third-order valence-electron chi connectivity index (χ3n) is 2.24. The predicted octanol–water partition coefficient (Wildman–Crippen LogP) is 3.87. The zero-order chi connectivity index (χ0) is 11.4. The number of nitrogens with zero attached hydrogens (tertiary/aromatic N) is 1. The first-order valence-corrected chi connectivity index (χ1v) is 6.77. The van der Waals surface area contributed by atoms with E-state index >= 15 is 0 Å². The molecule has 0 saturated carbocycles. The minimum absolute atomic E-state index is 0.695. The first kappa shape index (κ1) is 11.7. The molecule has 1 aromatic carbocycles. The standard InChI is InChI=1S/C12H14ClNOS/c1-2-15-9-5-6-10-11(8-9)16-12(14-10)4-3-7-13/h5-6,8H,2-4,7H2,1H3. The van der Waals surface area contributed by atoms with Crippen LogP contribution in [0.3, 0.4) is 0 Å². The van der Waals surface area contributed by atoms with Gasteiger partial charge in [-0.3, -0.25) is 0 Å². The molecule has 2 rings (SSSR count). The highest BCUT2D eigenvalue weighted by Crippen LogP contribution is 2.27. The molecule has 0 fully saturated rings. The quantitative estimate of drug-likeness (QED) is 0.757. The van der Waals surface area contributed by atoms with E-state index < -0.39 is 0 Å². The molecule has 0 spiro atoms. The Morgan fingerprint density at radius 2 is 2.31 bits per heavy atom. The van der Waals surface area contributed by atoms with Crippen LogP contribution in [0.5, 0.6) is 5.75 Å². The summed E-state index contributed by atoms with van der Waals surface area (Å²) >= 11 is 7.40. The fourth-order valence-corrected chi connectivity index (χ4v) is 2.71. The molecule has 16 heavy (non-hydrogen) atoms. The fraction of sp³-hybridized carbons (Fsp3) is 0.417. The number of alkyl halides is 1. The van der Waals surface area contributed by atoms with Crippen LogP contribution in [-0.2, 0) is 6.42 Å². The molecule has 0 bridgehead atoms. The fourth-order valence-electron chi connectivity index (χ4n) is 1.53. The molecule has 2 aromatic rings. The molecular formula is C12H14ClNOS. The van der Waals surface area contributed by atoms with E-state index in [4.69, 9.17) is 16.3 Å². The predicted molar refractivity (Wildman–Crippen MR) is 69.8 cm³/mol. The molecule has 0 aliphatic rings. The monoisotopic (exact) mass is 255 g/mol. The molecule has 0 radical (unpaired) electrons. The van der Waals surface area contributed by atoms with Gasteiger partial charge in [-0.15, -0.1) is 22.9 Å². The van der Waals surface area contributed by atoms with Crippen LogP contribution in [0.2, 0.25) is 0 Å². The van der Waals surface area contributed by atoms with Crippen molar-refractivity contribution in [2.75, 3.05) is 12.5 Å². The number of halogens is 1. The molecule has 0 aliphatic carbocycles. The SMILES string of the molecule is CCOc1ccc2nc(CCCCl)sc2c1. The van der Waals surface area contributed by atoms with Gasteiger partial charge in [0, 0.05) is 12.3 Å². The average molecular weight is 256 g/mol. The Labute approximate surface area is 104 Å². The van der Waals surface area contributed by atoms with Gasteiger partial charge in [0.25, 0.3) is 0 Å². The number of aromatic nitrogens is 1. The van der Waals surface area contributed by atoms with E-state index in [1.807, 2.05) is 19.1 Å². The summed E-state index contributed by atoms with van der Waals surface area (Å²) in [5.41, 5.74) is 1.05. The molecule has 4 heteroatoms. The summed E-state index contributed by atoms with van der Waals surface area (Å²) in [4.78, 5) is 4.56. The Hall–Kier alpha value is -0.800. The molecule has 0 saturated heterocycles. The molecule has 86 valence electrons. The number of fused-ring (bicyclic) bond motifs is 1. The number of ether oxygens (including phenoxy) is 1. The van der Waals surface area contributed by atoms with Crippen molar-refractivity contribution in [1.29, 1.82) is 0 Å². The minimum atomic E-state index is 0.695. The first-order valence-electron chi connectivity index (χ1n) is 5.41. The van der Waals surface area contributed by atoms with E-state index in [0.29, 0.717) is 12.5 Å². The van der Waals surface area contributed by atoms with Crippen molar-refractivity contribution in [3.05, 3.63) is 23.2 Å². The number of hydrogen-bond acceptors (Lipinski definition) is 3. The van der Waals surface area contributed by atoms with Gasteiger partial charge in [-0.25, -0.2) is 4.98 Å². The van der Waals surface area contributed by atoms with Gasteiger partial charge in [0.2, 0.25) is 0 Å². The molecule has 0 unspecified atom stereocenters. The van der Waals surface area contributed by atoms with Crippen molar-refractivity contribution in [2.45, 2.75) is 19.8 Å². The lowest BCUT2D eigenvalue weighted by molar-refractivity contribution is 0.341. The second-order valence-corrected chi connectivity index (χ2v) is 4.96. The van der Waals surface area contributed by atoms with E-state index in [9.17, 15) is 0 Å². The Morgan fingerprint density at radius 1 is 1.44 bits per heavy atom. The number of aryl methyl sites for hydroxylation is 1. The Morgan fingerprint density at radius 3 is 3.06 bits per heavy atom. The summed E-state index contributed by atoms with van der Waals surface area (Å²) in [5, 5.41) is 1.16. The molecule has 1 aromatic heterocycles. The van der Waals surface area contributed by atoms with Crippen molar-refractivity contribution >= 4 is 33.2 Å². The van der Waals surface area contributed by atoms with Crippen LogP contribution in [0.15, 0.2) is 18.2 Å². The van der Waals surface area contributed by atoms with E-state index in [0.717, 1.165) is 29.1 Å². The maximum atomic E-state index is 5.67. The highest BCUT2D eigenvalue weighted by atomic mass is 35.5. The molecule has 0 atom stereocenters. The molecule has 0 amide bonds. The van der Waals surface area contributed by atoms with Gasteiger partial charge in [-0.2, -0.15) is 0 Å². The lowest BCUT2D eigenvalue weighted by Crippen LogP contribution is -1.89. The highest BCUT2D eigenvalue weighted by Gasteiger charge is 2.04. The van der Waals surface area contributed by atoms with Gasteiger partial charge in [0.15, 0.2) is 0 Å². The van der Waals surface area contributed by atoms with Crippen LogP contribution in [0.4, 0.5) is 0 Å². The number of thiazole rings is 1. The summed E-state index contributed by atoms with van der Waals surface area (Å²) in [6.45, 7) is 2.69. The van der Waals surface area contributed by atoms with Crippen LogP contribution in [0, 0.1) is 0 Å². The molecule has 1 heterocycles. The summed E-state index contributed by atoms with van der Waals surface area (Å²) in [5.74, 6) is 1.61. The lowest BCUT2D eigenvalue weighted by Gasteiger charge is -2.00. The first-order chi connectivity index (χ1) is 7.83. The van der Waals surface area contributed by atoms with Crippen LogP contribution in [0.1, 0.15) is 18.4 Å². The lowest BCUT2D eigenvalue weighted by atomic mass is 10.3. The molecule has 0 N–H and O–H groups in total. The van der Waals surface area contributed by atoms with E-state index in [1.165, 1.54) is 4.70 Å². The minimum Gasteiger partial charge on any atom is -0.494 e. The third kappa shape index (κ3) is 2.66. The van der Waals surface area contributed by atoms with Gasteiger partial charge in [-0.1, -0.05) is 0 Å². The maximum Gasteiger partial charge on any atom is 0.120 e. The largest absolute Gasteiger partial charge is 0.494 e. The summed E-state index contributed by atoms with van der Waals surface area (Å²) in [7, 11) is 0. The summed E-state index contributed by atoms with van der Waals surface area (Å²) < 4.78 is 6.65.